The van der Waals surface area contributed by atoms with Crippen LogP contribution >= 0.6 is 0 Å². The number of halogens is 1. The fraction of sp³-hybridized carbons (Fsp3) is 0.571. The van der Waals surface area contributed by atoms with Crippen molar-refractivity contribution in [1.29, 1.82) is 0 Å². The van der Waals surface area contributed by atoms with Gasteiger partial charge in [0.1, 0.15) is 5.82 Å². The van der Waals surface area contributed by atoms with Crippen LogP contribution in [0.3, 0.4) is 0 Å². The normalized spacial score (nSPS) is 20.3. The Morgan fingerprint density at radius 2 is 2.00 bits per heavy atom. The molecule has 0 spiro atoms. The standard InChI is InChI=1S/C14H19FO3/c15-13-6-2-1-5-12(13)14(9-16,10-17)8-11-4-3-7-18-11/h1-2,5-6,11,16-17H,3-4,7-10H2. The molecule has 0 aliphatic carbocycles. The lowest BCUT2D eigenvalue weighted by Crippen LogP contribution is -2.39. The van der Waals surface area contributed by atoms with Gasteiger partial charge in [0.2, 0.25) is 0 Å². The third kappa shape index (κ3) is 2.55. The van der Waals surface area contributed by atoms with Crippen LogP contribution in [0.5, 0.6) is 0 Å². The number of ether oxygens (including phenoxy) is 1. The van der Waals surface area contributed by atoms with Crippen molar-refractivity contribution in [2.75, 3.05) is 19.8 Å². The molecule has 1 aromatic rings. The van der Waals surface area contributed by atoms with E-state index in [1.54, 1.807) is 18.2 Å². The molecule has 1 saturated heterocycles. The van der Waals surface area contributed by atoms with Crippen molar-refractivity contribution in [2.24, 2.45) is 0 Å². The average Bonchev–Trinajstić information content (AvgIpc) is 2.90. The summed E-state index contributed by atoms with van der Waals surface area (Å²) in [6, 6.07) is 6.29. The predicted molar refractivity (Wildman–Crippen MR) is 65.8 cm³/mol. The third-order valence-corrected chi connectivity index (χ3v) is 3.69. The number of benzene rings is 1. The molecule has 3 nitrogen and oxygen atoms in total. The second-order valence-electron chi connectivity index (χ2n) is 4.92. The summed E-state index contributed by atoms with van der Waals surface area (Å²) in [5.74, 6) is -0.390. The SMILES string of the molecule is OCC(CO)(CC1CCCO1)c1ccccc1F. The van der Waals surface area contributed by atoms with Crippen LogP contribution in [0, 0.1) is 5.82 Å². The van der Waals surface area contributed by atoms with E-state index >= 15 is 0 Å². The highest BCUT2D eigenvalue weighted by molar-refractivity contribution is 5.28. The Labute approximate surface area is 106 Å². The molecular formula is C14H19FO3. The van der Waals surface area contributed by atoms with Gasteiger partial charge in [0.05, 0.1) is 19.3 Å². The fourth-order valence-corrected chi connectivity index (χ4v) is 2.59. The van der Waals surface area contributed by atoms with Crippen molar-refractivity contribution < 1.29 is 19.3 Å². The lowest BCUT2D eigenvalue weighted by Gasteiger charge is -2.32. The minimum absolute atomic E-state index is 0.0103. The van der Waals surface area contributed by atoms with Gasteiger partial charge < -0.3 is 14.9 Å². The van der Waals surface area contributed by atoms with E-state index in [1.165, 1.54) is 6.07 Å². The van der Waals surface area contributed by atoms with Gasteiger partial charge in [-0.1, -0.05) is 18.2 Å². The van der Waals surface area contributed by atoms with E-state index in [4.69, 9.17) is 4.74 Å². The first kappa shape index (κ1) is 13.5. The van der Waals surface area contributed by atoms with Crippen molar-refractivity contribution >= 4 is 0 Å². The summed E-state index contributed by atoms with van der Waals surface area (Å²) >= 11 is 0. The quantitative estimate of drug-likeness (QED) is 0.839. The largest absolute Gasteiger partial charge is 0.395 e. The van der Waals surface area contributed by atoms with Crippen LogP contribution in [-0.2, 0) is 10.2 Å². The van der Waals surface area contributed by atoms with Gasteiger partial charge in [-0.05, 0) is 30.9 Å². The van der Waals surface area contributed by atoms with Gasteiger partial charge in [-0.25, -0.2) is 4.39 Å². The molecule has 1 aromatic carbocycles. The van der Waals surface area contributed by atoms with Crippen LogP contribution in [0.25, 0.3) is 0 Å². The highest BCUT2D eigenvalue weighted by Gasteiger charge is 2.37. The third-order valence-electron chi connectivity index (χ3n) is 3.69. The molecular weight excluding hydrogens is 235 g/mol. The van der Waals surface area contributed by atoms with Crippen molar-refractivity contribution in [3.63, 3.8) is 0 Å². The zero-order valence-corrected chi connectivity index (χ0v) is 10.3. The minimum atomic E-state index is -0.958. The summed E-state index contributed by atoms with van der Waals surface area (Å²) in [4.78, 5) is 0. The topological polar surface area (TPSA) is 49.7 Å². The lowest BCUT2D eigenvalue weighted by atomic mass is 9.76. The Balaban J connectivity index is 2.27. The molecule has 0 bridgehead atoms. The molecule has 18 heavy (non-hydrogen) atoms. The van der Waals surface area contributed by atoms with E-state index in [9.17, 15) is 14.6 Å². The molecule has 1 aliphatic rings. The zero-order valence-electron chi connectivity index (χ0n) is 10.3. The summed E-state index contributed by atoms with van der Waals surface area (Å²) in [6.45, 7) is 0.128. The van der Waals surface area contributed by atoms with Gasteiger partial charge in [-0.3, -0.25) is 0 Å². The number of rotatable bonds is 5. The van der Waals surface area contributed by atoms with E-state index < -0.39 is 11.2 Å². The molecule has 0 radical (unpaired) electrons. The Morgan fingerprint density at radius 1 is 1.28 bits per heavy atom. The molecule has 1 atom stereocenters. The Morgan fingerprint density at radius 3 is 2.56 bits per heavy atom. The molecule has 100 valence electrons. The van der Waals surface area contributed by atoms with Crippen molar-refractivity contribution in [2.45, 2.75) is 30.8 Å². The van der Waals surface area contributed by atoms with Crippen LogP contribution in [0.15, 0.2) is 24.3 Å². The number of hydrogen-bond acceptors (Lipinski definition) is 3. The Kier molecular flexibility index (Phi) is 4.32. The van der Waals surface area contributed by atoms with E-state index in [0.717, 1.165) is 12.8 Å². The second-order valence-corrected chi connectivity index (χ2v) is 4.92. The average molecular weight is 254 g/mol. The molecule has 0 amide bonds. The Hall–Kier alpha value is -0.970. The van der Waals surface area contributed by atoms with Crippen molar-refractivity contribution in [1.82, 2.24) is 0 Å². The molecule has 2 rings (SSSR count). The van der Waals surface area contributed by atoms with Gasteiger partial charge in [-0.15, -0.1) is 0 Å². The fourth-order valence-electron chi connectivity index (χ4n) is 2.59. The van der Waals surface area contributed by atoms with Gasteiger partial charge in [0.15, 0.2) is 0 Å². The lowest BCUT2D eigenvalue weighted by molar-refractivity contribution is 0.0375. The molecule has 0 aromatic heterocycles. The van der Waals surface area contributed by atoms with Crippen LogP contribution < -0.4 is 0 Å². The number of aliphatic hydroxyl groups is 2. The summed E-state index contributed by atoms with van der Waals surface area (Å²) in [6.07, 6.45) is 2.32. The van der Waals surface area contributed by atoms with Gasteiger partial charge in [0.25, 0.3) is 0 Å². The first-order chi connectivity index (χ1) is 8.72. The molecule has 2 N–H and O–H groups in total. The van der Waals surface area contributed by atoms with Crippen LogP contribution in [-0.4, -0.2) is 36.1 Å². The maximum atomic E-state index is 13.9. The smallest absolute Gasteiger partial charge is 0.127 e. The van der Waals surface area contributed by atoms with E-state index in [2.05, 4.69) is 0 Å². The van der Waals surface area contributed by atoms with E-state index in [1.807, 2.05) is 0 Å². The molecule has 1 fully saturated rings. The summed E-state index contributed by atoms with van der Waals surface area (Å²) in [5.41, 5.74) is -0.592. The van der Waals surface area contributed by atoms with E-state index in [0.29, 0.717) is 18.6 Å². The predicted octanol–water partition coefficient (Wildman–Crippen LogP) is 1.62. The van der Waals surface area contributed by atoms with Crippen LogP contribution in [0.1, 0.15) is 24.8 Å². The summed E-state index contributed by atoms with van der Waals surface area (Å²) in [7, 11) is 0. The van der Waals surface area contributed by atoms with Crippen LogP contribution in [0.4, 0.5) is 4.39 Å². The van der Waals surface area contributed by atoms with Crippen molar-refractivity contribution in [3.05, 3.63) is 35.6 Å². The maximum absolute atomic E-state index is 13.9. The molecule has 1 aliphatic heterocycles. The maximum Gasteiger partial charge on any atom is 0.127 e. The molecule has 1 heterocycles. The zero-order chi connectivity index (χ0) is 13.0. The molecule has 1 unspecified atom stereocenters. The highest BCUT2D eigenvalue weighted by Crippen LogP contribution is 2.34. The highest BCUT2D eigenvalue weighted by atomic mass is 19.1. The molecule has 0 saturated carbocycles. The van der Waals surface area contributed by atoms with E-state index in [-0.39, 0.29) is 19.3 Å². The van der Waals surface area contributed by atoms with Gasteiger partial charge >= 0.3 is 0 Å². The van der Waals surface area contributed by atoms with Crippen LogP contribution in [0.2, 0.25) is 0 Å². The second kappa shape index (κ2) is 5.78. The first-order valence-electron chi connectivity index (χ1n) is 6.30. The summed E-state index contributed by atoms with van der Waals surface area (Å²) < 4.78 is 19.4. The van der Waals surface area contributed by atoms with Gasteiger partial charge in [-0.2, -0.15) is 0 Å². The first-order valence-corrected chi connectivity index (χ1v) is 6.30. The summed E-state index contributed by atoms with van der Waals surface area (Å²) in [5, 5.41) is 19.3. The number of aliphatic hydroxyl groups excluding tert-OH is 2. The minimum Gasteiger partial charge on any atom is -0.395 e. The Bertz CT molecular complexity index is 384. The number of hydrogen-bond donors (Lipinski definition) is 2. The molecule has 4 heteroatoms. The van der Waals surface area contributed by atoms with Gasteiger partial charge in [0, 0.05) is 12.0 Å². The van der Waals surface area contributed by atoms with Crippen molar-refractivity contribution in [3.8, 4) is 0 Å². The monoisotopic (exact) mass is 254 g/mol.